The van der Waals surface area contributed by atoms with Gasteiger partial charge in [-0.05, 0) is 26.0 Å². The van der Waals surface area contributed by atoms with Gasteiger partial charge in [0.05, 0.1) is 19.3 Å². The molecule has 5 heteroatoms. The number of carbonyl (C=O) groups excluding carboxylic acids is 1. The number of amides is 1. The van der Waals surface area contributed by atoms with Crippen molar-refractivity contribution in [1.29, 1.82) is 0 Å². The SMILES string of the molecule is COC[C@@H]1[C@@H](NC(=O)CN(C)Cc2ccc(C)cc2)[C@@H]2CCO[C@H]12. The molecule has 1 amide bonds. The van der Waals surface area contributed by atoms with Crippen LogP contribution in [0.2, 0.25) is 0 Å². The number of nitrogens with zero attached hydrogens (tertiary/aromatic N) is 1. The van der Waals surface area contributed by atoms with Gasteiger partial charge < -0.3 is 14.8 Å². The quantitative estimate of drug-likeness (QED) is 0.824. The number of hydrogen-bond donors (Lipinski definition) is 1. The van der Waals surface area contributed by atoms with Gasteiger partial charge in [0, 0.05) is 38.1 Å². The predicted octanol–water partition coefficient (Wildman–Crippen LogP) is 1.59. The summed E-state index contributed by atoms with van der Waals surface area (Å²) in [5.41, 5.74) is 2.47. The van der Waals surface area contributed by atoms with E-state index >= 15 is 0 Å². The van der Waals surface area contributed by atoms with Crippen LogP contribution in [0.1, 0.15) is 17.5 Å². The van der Waals surface area contributed by atoms with Crippen molar-refractivity contribution in [3.05, 3.63) is 35.4 Å². The normalized spacial score (nSPS) is 28.5. The number of benzene rings is 1. The lowest BCUT2D eigenvalue weighted by atomic mass is 9.67. The summed E-state index contributed by atoms with van der Waals surface area (Å²) in [6, 6.07) is 8.63. The van der Waals surface area contributed by atoms with Gasteiger partial charge in [0.25, 0.3) is 0 Å². The number of carbonyl (C=O) groups is 1. The lowest BCUT2D eigenvalue weighted by Gasteiger charge is -2.47. The molecule has 1 aromatic carbocycles. The predicted molar refractivity (Wildman–Crippen MR) is 92.7 cm³/mol. The molecular formula is C19H28N2O3. The molecule has 1 aromatic rings. The maximum atomic E-state index is 12.4. The lowest BCUT2D eigenvalue weighted by molar-refractivity contribution is -0.130. The number of nitrogens with one attached hydrogen (secondary N) is 1. The Hall–Kier alpha value is -1.43. The van der Waals surface area contributed by atoms with Crippen LogP contribution in [-0.2, 0) is 20.8 Å². The summed E-state index contributed by atoms with van der Waals surface area (Å²) < 4.78 is 11.1. The highest BCUT2D eigenvalue weighted by Gasteiger charge is 2.54. The van der Waals surface area contributed by atoms with E-state index in [0.29, 0.717) is 19.1 Å². The third-order valence-corrected chi connectivity index (χ3v) is 5.20. The highest BCUT2D eigenvalue weighted by Crippen LogP contribution is 2.43. The molecule has 0 radical (unpaired) electrons. The molecule has 0 bridgehead atoms. The summed E-state index contributed by atoms with van der Waals surface area (Å²) >= 11 is 0. The molecule has 4 atom stereocenters. The topological polar surface area (TPSA) is 50.8 Å². The van der Waals surface area contributed by atoms with Gasteiger partial charge in [-0.15, -0.1) is 0 Å². The average molecular weight is 332 g/mol. The Bertz CT molecular complexity index is 560. The summed E-state index contributed by atoms with van der Waals surface area (Å²) in [4.78, 5) is 14.5. The fourth-order valence-corrected chi connectivity index (χ4v) is 3.97. The summed E-state index contributed by atoms with van der Waals surface area (Å²) in [5, 5.41) is 3.21. The molecule has 1 saturated heterocycles. The van der Waals surface area contributed by atoms with E-state index in [1.165, 1.54) is 11.1 Å². The minimum Gasteiger partial charge on any atom is -0.384 e. The molecule has 0 spiro atoms. The molecule has 3 rings (SSSR count). The van der Waals surface area contributed by atoms with Crippen LogP contribution in [0.3, 0.4) is 0 Å². The number of likely N-dealkylation sites (N-methyl/N-ethyl adjacent to an activating group) is 1. The second-order valence-electron chi connectivity index (χ2n) is 7.16. The number of rotatable bonds is 7. The maximum Gasteiger partial charge on any atom is 0.234 e. The van der Waals surface area contributed by atoms with Gasteiger partial charge in [-0.2, -0.15) is 0 Å². The minimum absolute atomic E-state index is 0.0843. The molecule has 1 aliphatic carbocycles. The second kappa shape index (κ2) is 7.64. The molecule has 1 saturated carbocycles. The molecule has 2 aliphatic rings. The van der Waals surface area contributed by atoms with Crippen LogP contribution in [0.4, 0.5) is 0 Å². The number of aryl methyl sites for hydroxylation is 1. The molecule has 2 fully saturated rings. The van der Waals surface area contributed by atoms with Gasteiger partial charge in [0.1, 0.15) is 0 Å². The molecule has 0 unspecified atom stereocenters. The maximum absolute atomic E-state index is 12.4. The zero-order chi connectivity index (χ0) is 17.1. The highest BCUT2D eigenvalue weighted by molar-refractivity contribution is 5.78. The Morgan fingerprint density at radius 1 is 1.38 bits per heavy atom. The van der Waals surface area contributed by atoms with E-state index in [0.717, 1.165) is 19.6 Å². The number of methoxy groups -OCH3 is 1. The van der Waals surface area contributed by atoms with E-state index in [9.17, 15) is 4.79 Å². The first-order valence-corrected chi connectivity index (χ1v) is 8.72. The summed E-state index contributed by atoms with van der Waals surface area (Å²) in [7, 11) is 3.69. The van der Waals surface area contributed by atoms with Crippen molar-refractivity contribution >= 4 is 5.91 Å². The summed E-state index contributed by atoms with van der Waals surface area (Å²) in [6.07, 6.45) is 1.30. The Morgan fingerprint density at radius 2 is 2.12 bits per heavy atom. The number of ether oxygens (including phenoxy) is 2. The molecule has 132 valence electrons. The molecule has 1 heterocycles. The van der Waals surface area contributed by atoms with Crippen molar-refractivity contribution in [2.24, 2.45) is 11.8 Å². The molecular weight excluding hydrogens is 304 g/mol. The standard InChI is InChI=1S/C19H28N2O3/c1-13-4-6-14(7-5-13)10-21(2)11-17(22)20-18-15-8-9-24-19(15)16(18)12-23-3/h4-7,15-16,18-19H,8-12H2,1-3H3,(H,20,22)/t15-,16+,18-,19-/m0/s1. The average Bonchev–Trinajstić information content (AvgIpc) is 2.97. The molecule has 1 N–H and O–H groups in total. The largest absolute Gasteiger partial charge is 0.384 e. The zero-order valence-electron chi connectivity index (χ0n) is 14.8. The second-order valence-corrected chi connectivity index (χ2v) is 7.16. The van der Waals surface area contributed by atoms with E-state index in [-0.39, 0.29) is 24.0 Å². The van der Waals surface area contributed by atoms with Gasteiger partial charge in [-0.1, -0.05) is 29.8 Å². The van der Waals surface area contributed by atoms with E-state index < -0.39 is 0 Å². The van der Waals surface area contributed by atoms with Crippen LogP contribution < -0.4 is 5.32 Å². The zero-order valence-corrected chi connectivity index (χ0v) is 14.8. The van der Waals surface area contributed by atoms with Gasteiger partial charge >= 0.3 is 0 Å². The van der Waals surface area contributed by atoms with Gasteiger partial charge in [-0.25, -0.2) is 0 Å². The lowest BCUT2D eigenvalue weighted by Crippen LogP contribution is -2.63. The van der Waals surface area contributed by atoms with Gasteiger partial charge in [-0.3, -0.25) is 9.69 Å². The van der Waals surface area contributed by atoms with Gasteiger partial charge in [0.15, 0.2) is 0 Å². The minimum atomic E-state index is 0.0843. The van der Waals surface area contributed by atoms with E-state index in [4.69, 9.17) is 9.47 Å². The molecule has 24 heavy (non-hydrogen) atoms. The Labute approximate surface area is 144 Å². The third kappa shape index (κ3) is 3.79. The summed E-state index contributed by atoms with van der Waals surface area (Å²) in [5.74, 6) is 0.825. The van der Waals surface area contributed by atoms with Crippen LogP contribution in [0.25, 0.3) is 0 Å². The first-order chi connectivity index (χ1) is 11.6. The van der Waals surface area contributed by atoms with E-state index in [1.54, 1.807) is 7.11 Å². The Balaban J connectivity index is 1.48. The van der Waals surface area contributed by atoms with Crippen molar-refractivity contribution in [2.45, 2.75) is 32.0 Å². The monoisotopic (exact) mass is 332 g/mol. The van der Waals surface area contributed by atoms with Gasteiger partial charge in [0.2, 0.25) is 5.91 Å². The molecule has 5 nitrogen and oxygen atoms in total. The first-order valence-electron chi connectivity index (χ1n) is 8.72. The third-order valence-electron chi connectivity index (χ3n) is 5.20. The van der Waals surface area contributed by atoms with Crippen LogP contribution in [0.15, 0.2) is 24.3 Å². The first kappa shape index (κ1) is 17.4. The van der Waals surface area contributed by atoms with Crippen molar-refractivity contribution < 1.29 is 14.3 Å². The fraction of sp³-hybridized carbons (Fsp3) is 0.632. The van der Waals surface area contributed by atoms with Crippen LogP contribution in [0, 0.1) is 18.8 Å². The Kier molecular flexibility index (Phi) is 5.54. The summed E-state index contributed by atoms with van der Waals surface area (Å²) in [6.45, 7) is 4.70. The fourth-order valence-electron chi connectivity index (χ4n) is 3.97. The van der Waals surface area contributed by atoms with E-state index in [2.05, 4.69) is 36.5 Å². The number of fused-ring (bicyclic) bond motifs is 1. The smallest absolute Gasteiger partial charge is 0.234 e. The highest BCUT2D eigenvalue weighted by atomic mass is 16.5. The van der Waals surface area contributed by atoms with Crippen LogP contribution >= 0.6 is 0 Å². The van der Waals surface area contributed by atoms with Crippen molar-refractivity contribution in [3.8, 4) is 0 Å². The van der Waals surface area contributed by atoms with Crippen molar-refractivity contribution in [1.82, 2.24) is 10.2 Å². The van der Waals surface area contributed by atoms with E-state index in [1.807, 2.05) is 11.9 Å². The molecule has 0 aromatic heterocycles. The van der Waals surface area contributed by atoms with Crippen LogP contribution in [0.5, 0.6) is 0 Å². The van der Waals surface area contributed by atoms with Crippen molar-refractivity contribution in [2.75, 3.05) is 33.9 Å². The van der Waals surface area contributed by atoms with Crippen LogP contribution in [-0.4, -0.2) is 56.9 Å². The Morgan fingerprint density at radius 3 is 2.83 bits per heavy atom. The molecule has 1 aliphatic heterocycles. The van der Waals surface area contributed by atoms with Crippen molar-refractivity contribution in [3.63, 3.8) is 0 Å². The number of hydrogen-bond acceptors (Lipinski definition) is 4.